The largest absolute Gasteiger partial charge is 0.494 e. The highest BCUT2D eigenvalue weighted by Crippen LogP contribution is 2.18. The van der Waals surface area contributed by atoms with Crippen LogP contribution in [0.15, 0.2) is 28.7 Å². The third kappa shape index (κ3) is 4.62. The number of nitrogens with zero attached hydrogens (tertiary/aromatic N) is 1. The molecule has 0 aliphatic carbocycles. The molecule has 18 heavy (non-hydrogen) atoms. The molecule has 0 saturated carbocycles. The highest BCUT2D eigenvalue weighted by molar-refractivity contribution is 9.10. The van der Waals surface area contributed by atoms with Crippen LogP contribution in [0, 0.1) is 5.92 Å². The molecule has 2 nitrogen and oxygen atoms in total. The number of likely N-dealkylation sites (tertiary alicyclic amines) is 1. The number of hydrogen-bond acceptors (Lipinski definition) is 2. The van der Waals surface area contributed by atoms with Crippen molar-refractivity contribution in [1.29, 1.82) is 0 Å². The minimum absolute atomic E-state index is 0.808. The second-order valence-electron chi connectivity index (χ2n) is 5.18. The summed E-state index contributed by atoms with van der Waals surface area (Å²) in [4.78, 5) is 2.56. The third-order valence-corrected chi connectivity index (χ3v) is 4.05. The number of hydrogen-bond donors (Lipinski definition) is 0. The Balaban J connectivity index is 1.61. The van der Waals surface area contributed by atoms with Gasteiger partial charge in [0.15, 0.2) is 0 Å². The molecule has 0 N–H and O–H groups in total. The van der Waals surface area contributed by atoms with Gasteiger partial charge in [-0.1, -0.05) is 28.9 Å². The molecule has 3 heteroatoms. The first-order valence-corrected chi connectivity index (χ1v) is 7.64. The second-order valence-corrected chi connectivity index (χ2v) is 6.10. The average Bonchev–Trinajstić information content (AvgIpc) is 2.37. The van der Waals surface area contributed by atoms with Gasteiger partial charge in [-0.05, 0) is 56.5 Å². The van der Waals surface area contributed by atoms with Crippen molar-refractivity contribution >= 4 is 15.9 Å². The van der Waals surface area contributed by atoms with E-state index in [1.54, 1.807) is 0 Å². The Bertz CT molecular complexity index is 361. The molecule has 1 heterocycles. The fourth-order valence-electron chi connectivity index (χ4n) is 2.32. The van der Waals surface area contributed by atoms with Gasteiger partial charge in [-0.2, -0.15) is 0 Å². The molecule has 0 radical (unpaired) electrons. The van der Waals surface area contributed by atoms with Gasteiger partial charge in [0.1, 0.15) is 5.75 Å². The molecule has 100 valence electrons. The van der Waals surface area contributed by atoms with Crippen LogP contribution in [-0.4, -0.2) is 31.1 Å². The van der Waals surface area contributed by atoms with Gasteiger partial charge >= 0.3 is 0 Å². The van der Waals surface area contributed by atoms with Crippen LogP contribution < -0.4 is 4.74 Å². The van der Waals surface area contributed by atoms with Crippen molar-refractivity contribution in [3.63, 3.8) is 0 Å². The van der Waals surface area contributed by atoms with Gasteiger partial charge < -0.3 is 9.64 Å². The van der Waals surface area contributed by atoms with E-state index in [4.69, 9.17) is 4.74 Å². The molecule has 0 bridgehead atoms. The Labute approximate surface area is 118 Å². The molecule has 0 unspecified atom stereocenters. The van der Waals surface area contributed by atoms with Crippen molar-refractivity contribution in [2.75, 3.05) is 26.2 Å². The maximum Gasteiger partial charge on any atom is 0.120 e. The zero-order valence-electron chi connectivity index (χ0n) is 11.1. The molecular formula is C15H22BrNO. The van der Waals surface area contributed by atoms with Gasteiger partial charge in [0.25, 0.3) is 0 Å². The summed E-state index contributed by atoms with van der Waals surface area (Å²) in [5.41, 5.74) is 0. The molecule has 2 rings (SSSR count). The van der Waals surface area contributed by atoms with Gasteiger partial charge in [0, 0.05) is 11.0 Å². The number of halogens is 1. The van der Waals surface area contributed by atoms with Crippen molar-refractivity contribution in [2.45, 2.75) is 26.2 Å². The lowest BCUT2D eigenvalue weighted by molar-refractivity contribution is 0.177. The summed E-state index contributed by atoms with van der Waals surface area (Å²) in [7, 11) is 0. The molecule has 0 aromatic heterocycles. The zero-order chi connectivity index (χ0) is 12.8. The summed E-state index contributed by atoms with van der Waals surface area (Å²) in [6, 6.07) is 8.04. The molecule has 1 aromatic rings. The van der Waals surface area contributed by atoms with Crippen LogP contribution in [0.4, 0.5) is 0 Å². The zero-order valence-corrected chi connectivity index (χ0v) is 12.7. The maximum absolute atomic E-state index is 5.74. The summed E-state index contributed by atoms with van der Waals surface area (Å²) in [6.45, 7) is 6.85. The molecule has 1 aromatic carbocycles. The molecule has 0 atom stereocenters. The van der Waals surface area contributed by atoms with E-state index in [0.29, 0.717) is 0 Å². The van der Waals surface area contributed by atoms with E-state index in [-0.39, 0.29) is 0 Å². The fourth-order valence-corrected chi connectivity index (χ4v) is 2.70. The summed E-state index contributed by atoms with van der Waals surface area (Å²) in [5.74, 6) is 1.87. The van der Waals surface area contributed by atoms with Crippen LogP contribution in [0.5, 0.6) is 5.75 Å². The van der Waals surface area contributed by atoms with Gasteiger partial charge in [-0.3, -0.25) is 0 Å². The first-order chi connectivity index (χ1) is 8.74. The van der Waals surface area contributed by atoms with E-state index >= 15 is 0 Å². The smallest absolute Gasteiger partial charge is 0.120 e. The van der Waals surface area contributed by atoms with E-state index in [9.17, 15) is 0 Å². The maximum atomic E-state index is 5.74. The van der Waals surface area contributed by atoms with Crippen LogP contribution in [0.25, 0.3) is 0 Å². The van der Waals surface area contributed by atoms with E-state index in [1.807, 2.05) is 24.3 Å². The highest BCUT2D eigenvalue weighted by Gasteiger charge is 2.14. The van der Waals surface area contributed by atoms with E-state index in [0.717, 1.165) is 29.2 Å². The summed E-state index contributed by atoms with van der Waals surface area (Å²) in [6.07, 6.45) is 3.82. The SMILES string of the molecule is CC1CCN(CCCOc2cccc(Br)c2)CC1. The van der Waals surface area contributed by atoms with Gasteiger partial charge in [0.2, 0.25) is 0 Å². The normalized spacial score (nSPS) is 17.9. The lowest BCUT2D eigenvalue weighted by Gasteiger charge is -2.30. The fraction of sp³-hybridized carbons (Fsp3) is 0.600. The number of benzene rings is 1. The highest BCUT2D eigenvalue weighted by atomic mass is 79.9. The van der Waals surface area contributed by atoms with Gasteiger partial charge in [-0.25, -0.2) is 0 Å². The van der Waals surface area contributed by atoms with Crippen molar-refractivity contribution < 1.29 is 4.74 Å². The van der Waals surface area contributed by atoms with Crippen molar-refractivity contribution in [2.24, 2.45) is 5.92 Å². The van der Waals surface area contributed by atoms with Crippen molar-refractivity contribution in [1.82, 2.24) is 4.90 Å². The number of ether oxygens (including phenoxy) is 1. The molecule has 1 saturated heterocycles. The Morgan fingerprint density at radius 2 is 2.11 bits per heavy atom. The Hall–Kier alpha value is -0.540. The minimum atomic E-state index is 0.808. The average molecular weight is 312 g/mol. The second kappa shape index (κ2) is 7.15. The minimum Gasteiger partial charge on any atom is -0.494 e. The van der Waals surface area contributed by atoms with Crippen LogP contribution in [0.3, 0.4) is 0 Å². The molecule has 0 amide bonds. The molecule has 1 fully saturated rings. The third-order valence-electron chi connectivity index (χ3n) is 3.56. The Morgan fingerprint density at radius 3 is 2.83 bits per heavy atom. The van der Waals surface area contributed by atoms with Crippen molar-refractivity contribution in [3.8, 4) is 5.75 Å². The summed E-state index contributed by atoms with van der Waals surface area (Å²) >= 11 is 3.45. The summed E-state index contributed by atoms with van der Waals surface area (Å²) in [5, 5.41) is 0. The number of rotatable bonds is 5. The molecule has 1 aliphatic heterocycles. The van der Waals surface area contributed by atoms with Crippen LogP contribution in [0.1, 0.15) is 26.2 Å². The standard InChI is InChI=1S/C15H22BrNO/c1-13-6-9-17(10-7-13)8-3-11-18-15-5-2-4-14(16)12-15/h2,4-5,12-13H,3,6-11H2,1H3. The quantitative estimate of drug-likeness (QED) is 0.763. The Morgan fingerprint density at radius 1 is 1.33 bits per heavy atom. The first kappa shape index (κ1) is 13.9. The first-order valence-electron chi connectivity index (χ1n) is 6.85. The topological polar surface area (TPSA) is 12.5 Å². The van der Waals surface area contributed by atoms with Gasteiger partial charge in [0.05, 0.1) is 6.61 Å². The summed E-state index contributed by atoms with van der Waals surface area (Å²) < 4.78 is 6.82. The van der Waals surface area contributed by atoms with Gasteiger partial charge in [-0.15, -0.1) is 0 Å². The van der Waals surface area contributed by atoms with Crippen molar-refractivity contribution in [3.05, 3.63) is 28.7 Å². The van der Waals surface area contributed by atoms with E-state index < -0.39 is 0 Å². The number of piperidine rings is 1. The lowest BCUT2D eigenvalue weighted by atomic mass is 9.99. The predicted octanol–water partition coefficient (Wildman–Crippen LogP) is 3.95. The van der Waals surface area contributed by atoms with E-state index in [1.165, 1.54) is 32.5 Å². The van der Waals surface area contributed by atoms with E-state index in [2.05, 4.69) is 27.8 Å². The molecule has 1 aliphatic rings. The lowest BCUT2D eigenvalue weighted by Crippen LogP contribution is -2.34. The Kier molecular flexibility index (Phi) is 5.51. The van der Waals surface area contributed by atoms with Crippen LogP contribution in [-0.2, 0) is 0 Å². The molecule has 0 spiro atoms. The monoisotopic (exact) mass is 311 g/mol. The molecular weight excluding hydrogens is 290 g/mol. The van der Waals surface area contributed by atoms with Crippen LogP contribution in [0.2, 0.25) is 0 Å². The van der Waals surface area contributed by atoms with Crippen LogP contribution >= 0.6 is 15.9 Å². The predicted molar refractivity (Wildman–Crippen MR) is 79.1 cm³/mol.